The van der Waals surface area contributed by atoms with Gasteiger partial charge in [-0.1, -0.05) is 29.3 Å². The lowest BCUT2D eigenvalue weighted by molar-refractivity contribution is -0.121. The van der Waals surface area contributed by atoms with E-state index in [9.17, 15) is 4.79 Å². The lowest BCUT2D eigenvalue weighted by atomic mass is 10.2. The van der Waals surface area contributed by atoms with E-state index in [1.807, 2.05) is 37.9 Å². The number of aliphatic imine (C=N–C) groups is 1. The molecule has 0 radical (unpaired) electrons. The first-order valence-corrected chi connectivity index (χ1v) is 8.24. The summed E-state index contributed by atoms with van der Waals surface area (Å²) in [5.74, 6) is 0.739. The highest BCUT2D eigenvalue weighted by Crippen LogP contribution is 2.23. The molecule has 0 saturated carbocycles. The highest BCUT2D eigenvalue weighted by atomic mass is 127. The zero-order valence-corrected chi connectivity index (χ0v) is 18.2. The van der Waals surface area contributed by atoms with Crippen LogP contribution in [0.4, 0.5) is 0 Å². The first-order chi connectivity index (χ1) is 10.8. The van der Waals surface area contributed by atoms with E-state index in [0.717, 1.165) is 5.56 Å². The molecule has 1 rings (SSSR count). The Kier molecular flexibility index (Phi) is 11.4. The van der Waals surface area contributed by atoms with Crippen molar-refractivity contribution in [2.75, 3.05) is 20.6 Å². The maximum Gasteiger partial charge on any atom is 0.221 e. The second-order valence-electron chi connectivity index (χ2n) is 5.55. The molecule has 0 fully saturated rings. The van der Waals surface area contributed by atoms with E-state index in [1.54, 1.807) is 13.1 Å². The fourth-order valence-corrected chi connectivity index (χ4v) is 2.37. The van der Waals surface area contributed by atoms with Crippen LogP contribution in [0.2, 0.25) is 10.0 Å². The van der Waals surface area contributed by atoms with E-state index in [0.29, 0.717) is 35.5 Å². The van der Waals surface area contributed by atoms with Gasteiger partial charge < -0.3 is 15.5 Å². The highest BCUT2D eigenvalue weighted by Gasteiger charge is 2.09. The van der Waals surface area contributed by atoms with Crippen LogP contribution in [0, 0.1) is 0 Å². The van der Waals surface area contributed by atoms with Crippen molar-refractivity contribution < 1.29 is 4.79 Å². The second kappa shape index (κ2) is 11.8. The molecule has 0 aliphatic heterocycles. The van der Waals surface area contributed by atoms with Gasteiger partial charge in [0.2, 0.25) is 5.91 Å². The van der Waals surface area contributed by atoms with E-state index in [4.69, 9.17) is 23.2 Å². The maximum atomic E-state index is 11.6. The van der Waals surface area contributed by atoms with Crippen LogP contribution in [0.15, 0.2) is 23.2 Å². The minimum absolute atomic E-state index is 0. The van der Waals surface area contributed by atoms with Crippen LogP contribution in [-0.2, 0) is 11.3 Å². The molecular weight excluding hydrogens is 462 g/mol. The largest absolute Gasteiger partial charge is 0.356 e. The van der Waals surface area contributed by atoms with Gasteiger partial charge in [0.15, 0.2) is 5.96 Å². The monoisotopic (exact) mass is 486 g/mol. The normalized spacial score (nSPS) is 11.0. The first kappa shape index (κ1) is 23.3. The summed E-state index contributed by atoms with van der Waals surface area (Å²) in [5, 5.41) is 7.10. The van der Waals surface area contributed by atoms with Crippen LogP contribution < -0.4 is 10.6 Å². The molecule has 1 aromatic rings. The summed E-state index contributed by atoms with van der Waals surface area (Å²) in [6.07, 6.45) is 0.401. The van der Waals surface area contributed by atoms with Gasteiger partial charge in [-0.15, -0.1) is 24.0 Å². The minimum Gasteiger partial charge on any atom is -0.356 e. The van der Waals surface area contributed by atoms with Gasteiger partial charge in [0.1, 0.15) is 0 Å². The van der Waals surface area contributed by atoms with Gasteiger partial charge in [0, 0.05) is 39.6 Å². The zero-order chi connectivity index (χ0) is 17.4. The Labute approximate surface area is 171 Å². The van der Waals surface area contributed by atoms with Gasteiger partial charge in [-0.2, -0.15) is 0 Å². The molecule has 24 heavy (non-hydrogen) atoms. The van der Waals surface area contributed by atoms with Crippen LogP contribution in [0.5, 0.6) is 0 Å². The number of nitrogens with zero attached hydrogens (tertiary/aromatic N) is 2. The Balaban J connectivity index is 0.00000529. The quantitative estimate of drug-likeness (QED) is 0.367. The number of nitrogens with one attached hydrogen (secondary N) is 2. The van der Waals surface area contributed by atoms with Crippen molar-refractivity contribution in [3.63, 3.8) is 0 Å². The second-order valence-corrected chi connectivity index (χ2v) is 6.37. The van der Waals surface area contributed by atoms with E-state index >= 15 is 0 Å². The molecule has 0 spiro atoms. The van der Waals surface area contributed by atoms with Crippen molar-refractivity contribution in [3.8, 4) is 0 Å². The molecule has 136 valence electrons. The average molecular weight is 487 g/mol. The summed E-state index contributed by atoms with van der Waals surface area (Å²) in [6.45, 7) is 5.04. The van der Waals surface area contributed by atoms with Crippen molar-refractivity contribution in [2.24, 2.45) is 4.99 Å². The fraction of sp³-hybridized carbons (Fsp3) is 0.500. The summed E-state index contributed by atoms with van der Waals surface area (Å²) in [7, 11) is 3.63. The number of hydrogen-bond acceptors (Lipinski definition) is 2. The van der Waals surface area contributed by atoms with Crippen LogP contribution in [0.1, 0.15) is 25.8 Å². The fourth-order valence-electron chi connectivity index (χ4n) is 2.05. The number of carbonyl (C=O) groups excluding carboxylic acids is 1. The molecule has 0 saturated heterocycles. The Morgan fingerprint density at radius 3 is 2.50 bits per heavy atom. The molecule has 8 heteroatoms. The van der Waals surface area contributed by atoms with Crippen LogP contribution in [0.25, 0.3) is 0 Å². The minimum atomic E-state index is 0. The van der Waals surface area contributed by atoms with Gasteiger partial charge in [0.25, 0.3) is 0 Å². The number of carbonyl (C=O) groups is 1. The van der Waals surface area contributed by atoms with Crippen molar-refractivity contribution in [1.82, 2.24) is 15.5 Å². The average Bonchev–Trinajstić information content (AvgIpc) is 2.46. The Bertz CT molecular complexity index is 567. The highest BCUT2D eigenvalue weighted by molar-refractivity contribution is 14.0. The van der Waals surface area contributed by atoms with Crippen LogP contribution in [-0.4, -0.2) is 43.4 Å². The van der Waals surface area contributed by atoms with Gasteiger partial charge in [-0.05, 0) is 31.5 Å². The maximum absolute atomic E-state index is 11.6. The van der Waals surface area contributed by atoms with Crippen LogP contribution in [0.3, 0.4) is 0 Å². The predicted molar refractivity (Wildman–Crippen MR) is 113 cm³/mol. The third-order valence-electron chi connectivity index (χ3n) is 3.06. The summed E-state index contributed by atoms with van der Waals surface area (Å²) >= 11 is 12.0. The number of rotatable bonds is 6. The summed E-state index contributed by atoms with van der Waals surface area (Å²) in [6, 6.07) is 5.69. The lowest BCUT2D eigenvalue weighted by Crippen LogP contribution is -2.40. The topological polar surface area (TPSA) is 56.7 Å². The molecule has 0 bridgehead atoms. The van der Waals surface area contributed by atoms with Crippen molar-refractivity contribution >= 4 is 59.0 Å². The van der Waals surface area contributed by atoms with Crippen molar-refractivity contribution in [2.45, 2.75) is 32.9 Å². The Morgan fingerprint density at radius 2 is 1.96 bits per heavy atom. The standard InChI is InChI=1S/C16H24Cl2N4O.HI/c1-11(2)21-15(23)7-8-20-16(19-3)22(4)10-12-5-6-13(17)14(18)9-12;/h5-6,9,11H,7-8,10H2,1-4H3,(H,19,20)(H,21,23);1H. The Hall–Kier alpha value is -0.730. The molecule has 1 aromatic carbocycles. The number of hydrogen-bond donors (Lipinski definition) is 2. The van der Waals surface area contributed by atoms with E-state index in [-0.39, 0.29) is 35.9 Å². The summed E-state index contributed by atoms with van der Waals surface area (Å²) < 4.78 is 0. The number of amides is 1. The number of guanidine groups is 1. The molecule has 0 aromatic heterocycles. The third-order valence-corrected chi connectivity index (χ3v) is 3.80. The summed E-state index contributed by atoms with van der Waals surface area (Å²) in [4.78, 5) is 17.8. The van der Waals surface area contributed by atoms with Gasteiger partial charge in [-0.25, -0.2) is 0 Å². The van der Waals surface area contributed by atoms with Crippen LogP contribution >= 0.6 is 47.2 Å². The van der Waals surface area contributed by atoms with Crippen molar-refractivity contribution in [3.05, 3.63) is 33.8 Å². The molecule has 0 unspecified atom stereocenters. The summed E-state index contributed by atoms with van der Waals surface area (Å²) in [5.41, 5.74) is 1.03. The molecule has 0 heterocycles. The predicted octanol–water partition coefficient (Wildman–Crippen LogP) is 3.53. The lowest BCUT2D eigenvalue weighted by Gasteiger charge is -2.22. The molecule has 1 amide bonds. The van der Waals surface area contributed by atoms with E-state index in [1.165, 1.54) is 0 Å². The van der Waals surface area contributed by atoms with E-state index in [2.05, 4.69) is 15.6 Å². The Morgan fingerprint density at radius 1 is 1.29 bits per heavy atom. The number of benzene rings is 1. The molecular formula is C16H25Cl2IN4O. The zero-order valence-electron chi connectivity index (χ0n) is 14.4. The molecule has 0 aliphatic rings. The molecule has 0 atom stereocenters. The van der Waals surface area contributed by atoms with Gasteiger partial charge >= 0.3 is 0 Å². The van der Waals surface area contributed by atoms with Gasteiger partial charge in [0.05, 0.1) is 10.0 Å². The molecule has 0 aliphatic carbocycles. The van der Waals surface area contributed by atoms with E-state index < -0.39 is 0 Å². The molecule has 5 nitrogen and oxygen atoms in total. The van der Waals surface area contributed by atoms with Crippen molar-refractivity contribution in [1.29, 1.82) is 0 Å². The smallest absolute Gasteiger partial charge is 0.221 e. The number of halogens is 3. The van der Waals surface area contributed by atoms with Gasteiger partial charge in [-0.3, -0.25) is 9.79 Å². The SMILES string of the molecule is CN=C(NCCC(=O)NC(C)C)N(C)Cc1ccc(Cl)c(Cl)c1.I. The third kappa shape index (κ3) is 8.39. The first-order valence-electron chi connectivity index (χ1n) is 7.48. The molecule has 2 N–H and O–H groups in total.